The van der Waals surface area contributed by atoms with Gasteiger partial charge in [-0.3, -0.25) is 4.79 Å². The summed E-state index contributed by atoms with van der Waals surface area (Å²) in [5, 5.41) is 5.00. The number of carbonyl (C=O) groups is 2. The Morgan fingerprint density at radius 2 is 1.70 bits per heavy atom. The summed E-state index contributed by atoms with van der Waals surface area (Å²) >= 11 is 2.19. The summed E-state index contributed by atoms with van der Waals surface area (Å²) < 4.78 is 17.7. The van der Waals surface area contributed by atoms with E-state index in [0.29, 0.717) is 46.0 Å². The molecule has 43 heavy (non-hydrogen) atoms. The van der Waals surface area contributed by atoms with Gasteiger partial charge >= 0.3 is 5.97 Å². The second-order valence-electron chi connectivity index (χ2n) is 9.37. The number of carbonyl (C=O) groups excluding carboxylic acids is 2. The van der Waals surface area contributed by atoms with E-state index < -0.39 is 0 Å². The van der Waals surface area contributed by atoms with Crippen molar-refractivity contribution in [2.45, 2.75) is 13.5 Å². The van der Waals surface area contributed by atoms with Crippen molar-refractivity contribution in [1.29, 1.82) is 0 Å². The molecule has 9 heteroatoms. The van der Waals surface area contributed by atoms with Gasteiger partial charge in [0.25, 0.3) is 5.91 Å². The van der Waals surface area contributed by atoms with Crippen molar-refractivity contribution in [2.24, 2.45) is 5.10 Å². The fourth-order valence-electron chi connectivity index (χ4n) is 4.44. The van der Waals surface area contributed by atoms with Gasteiger partial charge in [-0.1, -0.05) is 60.7 Å². The number of hydrogen-bond acceptors (Lipinski definition) is 7. The number of hydrogen-bond donors (Lipinski definition) is 1. The van der Waals surface area contributed by atoms with Gasteiger partial charge in [-0.2, -0.15) is 5.10 Å². The van der Waals surface area contributed by atoms with E-state index in [9.17, 15) is 9.59 Å². The Morgan fingerprint density at radius 1 is 0.953 bits per heavy atom. The fourth-order valence-corrected chi connectivity index (χ4v) is 5.06. The van der Waals surface area contributed by atoms with Gasteiger partial charge in [0.1, 0.15) is 6.61 Å². The molecule has 216 valence electrons. The van der Waals surface area contributed by atoms with Gasteiger partial charge in [-0.05, 0) is 71.5 Å². The van der Waals surface area contributed by atoms with Crippen molar-refractivity contribution >= 4 is 51.6 Å². The van der Waals surface area contributed by atoms with Gasteiger partial charge in [0.15, 0.2) is 11.5 Å². The van der Waals surface area contributed by atoms with Gasteiger partial charge in [-0.25, -0.2) is 15.2 Å². The summed E-state index contributed by atoms with van der Waals surface area (Å²) in [6.45, 7) is 2.30. The van der Waals surface area contributed by atoms with Crippen LogP contribution in [-0.4, -0.2) is 36.8 Å². The number of pyridine rings is 1. The van der Waals surface area contributed by atoms with Crippen molar-refractivity contribution in [2.75, 3.05) is 13.7 Å². The number of fused-ring (bicyclic) bond motifs is 1. The predicted octanol–water partition coefficient (Wildman–Crippen LogP) is 7.03. The highest BCUT2D eigenvalue weighted by molar-refractivity contribution is 14.1. The second kappa shape index (κ2) is 13.9. The van der Waals surface area contributed by atoms with Gasteiger partial charge in [-0.15, -0.1) is 0 Å². The van der Waals surface area contributed by atoms with Crippen LogP contribution in [0.1, 0.15) is 38.8 Å². The van der Waals surface area contributed by atoms with Crippen molar-refractivity contribution in [3.8, 4) is 22.8 Å². The number of nitrogens with zero attached hydrogens (tertiary/aromatic N) is 2. The maximum absolute atomic E-state index is 13.4. The van der Waals surface area contributed by atoms with Gasteiger partial charge in [0, 0.05) is 20.1 Å². The van der Waals surface area contributed by atoms with Crippen LogP contribution < -0.4 is 14.9 Å². The number of ether oxygens (including phenoxy) is 3. The van der Waals surface area contributed by atoms with Crippen molar-refractivity contribution < 1.29 is 23.8 Å². The highest BCUT2D eigenvalue weighted by Crippen LogP contribution is 2.33. The first-order chi connectivity index (χ1) is 21.0. The normalized spacial score (nSPS) is 11.0. The first-order valence-electron chi connectivity index (χ1n) is 13.5. The number of nitrogens with one attached hydrogen (secondary N) is 1. The molecule has 1 amide bonds. The average molecular weight is 686 g/mol. The van der Waals surface area contributed by atoms with Crippen molar-refractivity contribution in [3.05, 3.63) is 123 Å². The van der Waals surface area contributed by atoms with E-state index in [4.69, 9.17) is 19.2 Å². The summed E-state index contributed by atoms with van der Waals surface area (Å²) in [4.78, 5) is 30.1. The lowest BCUT2D eigenvalue weighted by Crippen LogP contribution is -2.18. The highest BCUT2D eigenvalue weighted by atomic mass is 127. The molecule has 0 unspecified atom stereocenters. The monoisotopic (exact) mass is 685 g/mol. The van der Waals surface area contributed by atoms with Crippen LogP contribution in [0.15, 0.2) is 102 Å². The van der Waals surface area contributed by atoms with Crippen LogP contribution in [0.25, 0.3) is 22.2 Å². The largest absolute Gasteiger partial charge is 0.493 e. The van der Waals surface area contributed by atoms with E-state index in [0.717, 1.165) is 20.1 Å². The Balaban J connectivity index is 1.37. The SMILES string of the molecule is CCOC(=O)c1ccc(COc2c(/C=N\NC(=O)c3cc(-c4ccccc4)nc4ccccc34)cc(I)cc2OC)cc1. The van der Waals surface area contributed by atoms with E-state index in [2.05, 4.69) is 33.1 Å². The lowest BCUT2D eigenvalue weighted by atomic mass is 10.0. The molecule has 1 aromatic heterocycles. The Labute approximate surface area is 262 Å². The second-order valence-corrected chi connectivity index (χ2v) is 10.6. The number of aromatic nitrogens is 1. The number of benzene rings is 4. The molecule has 5 rings (SSSR count). The van der Waals surface area contributed by atoms with E-state index in [1.807, 2.05) is 78.9 Å². The lowest BCUT2D eigenvalue weighted by molar-refractivity contribution is 0.0526. The maximum Gasteiger partial charge on any atom is 0.338 e. The standard InChI is InChI=1S/C34H28IN3O5/c1-3-42-34(40)24-15-13-22(14-16-24)21-43-32-25(17-26(35)18-31(32)41-2)20-36-38-33(39)28-19-30(23-9-5-4-6-10-23)37-29-12-8-7-11-27(28)29/h4-20H,3,21H2,1-2H3,(H,38,39)/b36-20-. The summed E-state index contributed by atoms with van der Waals surface area (Å²) in [5.41, 5.74) is 7.39. The topological polar surface area (TPSA) is 99.1 Å². The molecule has 0 radical (unpaired) electrons. The molecule has 0 saturated carbocycles. The Morgan fingerprint density at radius 3 is 2.44 bits per heavy atom. The third-order valence-electron chi connectivity index (χ3n) is 6.52. The van der Waals surface area contributed by atoms with E-state index >= 15 is 0 Å². The Hall–Kier alpha value is -4.77. The predicted molar refractivity (Wildman–Crippen MR) is 175 cm³/mol. The van der Waals surface area contributed by atoms with Crippen LogP contribution in [0, 0.1) is 3.57 Å². The Kier molecular flexibility index (Phi) is 9.63. The number of hydrazone groups is 1. The van der Waals surface area contributed by atoms with Crippen LogP contribution in [0.2, 0.25) is 0 Å². The summed E-state index contributed by atoms with van der Waals surface area (Å²) in [6, 6.07) is 29.8. The first-order valence-corrected chi connectivity index (χ1v) is 14.6. The average Bonchev–Trinajstić information content (AvgIpc) is 3.04. The lowest BCUT2D eigenvalue weighted by Gasteiger charge is -2.14. The molecule has 5 aromatic rings. The zero-order valence-corrected chi connectivity index (χ0v) is 25.7. The molecular weight excluding hydrogens is 657 g/mol. The minimum Gasteiger partial charge on any atom is -0.493 e. The minimum atomic E-state index is -0.370. The fraction of sp³-hybridized carbons (Fsp3) is 0.118. The molecule has 1 N–H and O–H groups in total. The molecule has 0 atom stereocenters. The highest BCUT2D eigenvalue weighted by Gasteiger charge is 2.15. The molecule has 4 aromatic carbocycles. The van der Waals surface area contributed by atoms with Crippen LogP contribution in [0.4, 0.5) is 0 Å². The zero-order valence-electron chi connectivity index (χ0n) is 23.5. The number of amides is 1. The maximum atomic E-state index is 13.4. The molecule has 0 aliphatic rings. The van der Waals surface area contributed by atoms with Gasteiger partial charge < -0.3 is 14.2 Å². The first kappa shape index (κ1) is 29.7. The van der Waals surface area contributed by atoms with Gasteiger partial charge in [0.05, 0.1) is 42.3 Å². The van der Waals surface area contributed by atoms with Crippen molar-refractivity contribution in [1.82, 2.24) is 10.4 Å². The van der Waals surface area contributed by atoms with Crippen LogP contribution >= 0.6 is 22.6 Å². The molecule has 0 spiro atoms. The van der Waals surface area contributed by atoms with E-state index in [1.54, 1.807) is 32.2 Å². The number of para-hydroxylation sites is 1. The van der Waals surface area contributed by atoms with E-state index in [1.165, 1.54) is 6.21 Å². The van der Waals surface area contributed by atoms with Crippen LogP contribution in [0.3, 0.4) is 0 Å². The number of halogens is 1. The van der Waals surface area contributed by atoms with Crippen molar-refractivity contribution in [3.63, 3.8) is 0 Å². The molecule has 1 heterocycles. The molecule has 0 saturated heterocycles. The molecular formula is C34H28IN3O5. The quantitative estimate of drug-likeness (QED) is 0.0734. The van der Waals surface area contributed by atoms with Gasteiger partial charge in [0.2, 0.25) is 0 Å². The van der Waals surface area contributed by atoms with Crippen LogP contribution in [0.5, 0.6) is 11.5 Å². The Bertz CT molecular complexity index is 1790. The molecule has 0 aliphatic heterocycles. The smallest absolute Gasteiger partial charge is 0.338 e. The summed E-state index contributed by atoms with van der Waals surface area (Å²) in [5.74, 6) is 0.256. The molecule has 0 fully saturated rings. The third kappa shape index (κ3) is 7.18. The molecule has 8 nitrogen and oxygen atoms in total. The van der Waals surface area contributed by atoms with Crippen LogP contribution in [-0.2, 0) is 11.3 Å². The number of methoxy groups -OCH3 is 1. The zero-order chi connectivity index (χ0) is 30.2. The molecule has 0 bridgehead atoms. The summed E-state index contributed by atoms with van der Waals surface area (Å²) in [6.07, 6.45) is 1.53. The third-order valence-corrected chi connectivity index (χ3v) is 7.14. The molecule has 0 aliphatic carbocycles. The summed E-state index contributed by atoms with van der Waals surface area (Å²) in [7, 11) is 1.56. The van der Waals surface area contributed by atoms with E-state index in [-0.39, 0.29) is 18.5 Å². The number of esters is 1. The number of rotatable bonds is 10. The minimum absolute atomic E-state index is 0.221.